The van der Waals surface area contributed by atoms with Crippen molar-refractivity contribution in [2.75, 3.05) is 47.5 Å². The van der Waals surface area contributed by atoms with E-state index in [0.29, 0.717) is 17.4 Å². The highest BCUT2D eigenvalue weighted by atomic mass is 31.2. The zero-order valence-electron chi connectivity index (χ0n) is 35.9. The third-order valence-corrected chi connectivity index (χ3v) is 10.1. The van der Waals surface area contributed by atoms with Crippen LogP contribution in [-0.2, 0) is 32.7 Å². The van der Waals surface area contributed by atoms with E-state index in [2.05, 4.69) is 50.3 Å². The summed E-state index contributed by atoms with van der Waals surface area (Å²) in [4.78, 5) is 35.3. The van der Waals surface area contributed by atoms with Crippen molar-refractivity contribution in [1.29, 1.82) is 0 Å². The minimum atomic E-state index is -4.39. The number of rotatable bonds is 39. The fourth-order valence-electron chi connectivity index (χ4n) is 5.73. The minimum Gasteiger partial charge on any atom is -0.462 e. The largest absolute Gasteiger partial charge is 0.472 e. The molecule has 0 saturated carbocycles. The highest BCUT2D eigenvalue weighted by molar-refractivity contribution is 7.47. The Morgan fingerprint density at radius 3 is 1.51 bits per heavy atom. The third kappa shape index (κ3) is 41.4. The number of carbonyl (C=O) groups excluding carboxylic acids is 2. The highest BCUT2D eigenvalue weighted by Gasteiger charge is 2.27. The summed E-state index contributed by atoms with van der Waals surface area (Å²) >= 11 is 0. The van der Waals surface area contributed by atoms with Gasteiger partial charge in [-0.05, 0) is 38.5 Å². The van der Waals surface area contributed by atoms with Crippen LogP contribution in [0.15, 0.2) is 48.6 Å². The highest BCUT2D eigenvalue weighted by Crippen LogP contribution is 2.43. The molecule has 0 fully saturated rings. The number of nitrogens with zero attached hydrogens (tertiary/aromatic N) is 1. The molecule has 320 valence electrons. The summed E-state index contributed by atoms with van der Waals surface area (Å²) in [6.45, 7) is 4.22. The summed E-state index contributed by atoms with van der Waals surface area (Å²) in [6, 6.07) is 0. The summed E-state index contributed by atoms with van der Waals surface area (Å²) in [5, 5.41) is 0. The second kappa shape index (κ2) is 37.5. The summed E-state index contributed by atoms with van der Waals surface area (Å²) in [5.74, 6) is -0.891. The van der Waals surface area contributed by atoms with Gasteiger partial charge in [0, 0.05) is 12.8 Å². The lowest BCUT2D eigenvalue weighted by molar-refractivity contribution is -0.870. The number of carbonyl (C=O) groups is 2. The molecule has 0 saturated heterocycles. The van der Waals surface area contributed by atoms with E-state index in [1.807, 2.05) is 33.3 Å². The number of allylic oxidation sites excluding steroid dienone is 8. The van der Waals surface area contributed by atoms with Crippen molar-refractivity contribution in [3.63, 3.8) is 0 Å². The number of phosphoric acid groups is 1. The zero-order chi connectivity index (χ0) is 40.7. The van der Waals surface area contributed by atoms with Gasteiger partial charge in [-0.2, -0.15) is 0 Å². The number of esters is 2. The van der Waals surface area contributed by atoms with Gasteiger partial charge in [-0.15, -0.1) is 0 Å². The number of hydrogen-bond donors (Lipinski definition) is 1. The van der Waals surface area contributed by atoms with Gasteiger partial charge in [0.05, 0.1) is 27.7 Å². The molecule has 0 aliphatic carbocycles. The standard InChI is InChI=1S/C45H82NO8P/c1-6-8-10-12-14-16-18-20-21-22-23-24-26-27-29-31-33-35-37-44(47)51-41-43(42-53-55(49,50)52-40-39-46(3,4)5)54-45(48)38-36-34-32-30-28-25-19-17-15-13-11-9-7-2/h9,11,15,17,25,28,32,34,43H,6-8,10,12-14,16,18-24,26-27,29-31,33,35-42H2,1-5H3/p+1/b11-9-,17-15-,28-25-,34-32-. The average molecular weight is 797 g/mol. The lowest BCUT2D eigenvalue weighted by atomic mass is 10.0. The molecule has 2 atom stereocenters. The number of quaternary nitrogens is 1. The van der Waals surface area contributed by atoms with Crippen LogP contribution in [0.1, 0.15) is 174 Å². The summed E-state index contributed by atoms with van der Waals surface area (Å²) in [6.07, 6.45) is 43.3. The number of phosphoric ester groups is 1. The van der Waals surface area contributed by atoms with Crippen LogP contribution in [0.3, 0.4) is 0 Å². The molecular formula is C45H83NO8P+. The molecule has 0 aromatic rings. The van der Waals surface area contributed by atoms with E-state index in [1.54, 1.807) is 0 Å². The fraction of sp³-hybridized carbons (Fsp3) is 0.778. The van der Waals surface area contributed by atoms with Crippen LogP contribution in [0.4, 0.5) is 0 Å². The molecule has 0 bridgehead atoms. The molecule has 0 amide bonds. The number of likely N-dealkylation sites (N-methyl/N-ethyl adjacent to an activating group) is 1. The molecule has 0 aliphatic rings. The van der Waals surface area contributed by atoms with E-state index >= 15 is 0 Å². The first-order chi connectivity index (χ1) is 26.5. The first-order valence-electron chi connectivity index (χ1n) is 21.9. The molecule has 55 heavy (non-hydrogen) atoms. The van der Waals surface area contributed by atoms with Gasteiger partial charge >= 0.3 is 19.8 Å². The van der Waals surface area contributed by atoms with Crippen LogP contribution < -0.4 is 0 Å². The Kier molecular flexibility index (Phi) is 36.2. The van der Waals surface area contributed by atoms with Gasteiger partial charge in [-0.1, -0.05) is 172 Å². The Morgan fingerprint density at radius 1 is 0.582 bits per heavy atom. The molecule has 10 heteroatoms. The summed E-state index contributed by atoms with van der Waals surface area (Å²) < 4.78 is 34.2. The monoisotopic (exact) mass is 797 g/mol. The van der Waals surface area contributed by atoms with E-state index in [1.165, 1.54) is 96.3 Å². The fourth-order valence-corrected chi connectivity index (χ4v) is 6.47. The Hall–Kier alpha value is -2.03. The lowest BCUT2D eigenvalue weighted by Crippen LogP contribution is -2.37. The molecule has 0 rings (SSSR count). The Balaban J connectivity index is 4.39. The number of unbranched alkanes of at least 4 members (excludes halogenated alkanes) is 17. The normalized spacial score (nSPS) is 14.1. The maximum atomic E-state index is 12.6. The second-order valence-electron chi connectivity index (χ2n) is 15.7. The quantitative estimate of drug-likeness (QED) is 0.0215. The molecule has 0 aliphatic heterocycles. The van der Waals surface area contributed by atoms with Crippen molar-refractivity contribution in [3.05, 3.63) is 48.6 Å². The van der Waals surface area contributed by atoms with Gasteiger partial charge < -0.3 is 18.9 Å². The topological polar surface area (TPSA) is 108 Å². The van der Waals surface area contributed by atoms with E-state index < -0.39 is 26.5 Å². The van der Waals surface area contributed by atoms with Gasteiger partial charge in [-0.25, -0.2) is 4.57 Å². The first kappa shape index (κ1) is 53.0. The maximum absolute atomic E-state index is 12.6. The van der Waals surface area contributed by atoms with Crippen molar-refractivity contribution < 1.29 is 42.1 Å². The maximum Gasteiger partial charge on any atom is 0.472 e. The Bertz CT molecular complexity index is 1080. The van der Waals surface area contributed by atoms with Gasteiger partial charge in [0.2, 0.25) is 0 Å². The molecule has 0 aromatic carbocycles. The van der Waals surface area contributed by atoms with E-state index in [4.69, 9.17) is 18.5 Å². The van der Waals surface area contributed by atoms with Crippen LogP contribution in [0.2, 0.25) is 0 Å². The van der Waals surface area contributed by atoms with E-state index in [0.717, 1.165) is 44.9 Å². The predicted octanol–water partition coefficient (Wildman–Crippen LogP) is 12.3. The SMILES string of the molecule is CC/C=C\C/C=C\C/C=C\C/C=C\CCC(=O)OC(COC(=O)CCCCCCCCCCCCCCCCCCCC)COP(=O)(O)OCC[N+](C)(C)C. The molecule has 2 unspecified atom stereocenters. The molecule has 0 radical (unpaired) electrons. The Labute approximate surface area is 337 Å². The first-order valence-corrected chi connectivity index (χ1v) is 23.4. The van der Waals surface area contributed by atoms with Gasteiger partial charge in [0.15, 0.2) is 6.10 Å². The molecule has 1 N–H and O–H groups in total. The third-order valence-electron chi connectivity index (χ3n) is 9.14. The smallest absolute Gasteiger partial charge is 0.462 e. The number of hydrogen-bond acceptors (Lipinski definition) is 7. The van der Waals surface area contributed by atoms with E-state index in [9.17, 15) is 19.0 Å². The molecule has 0 spiro atoms. The van der Waals surface area contributed by atoms with Crippen LogP contribution in [0.25, 0.3) is 0 Å². The van der Waals surface area contributed by atoms with Crippen LogP contribution in [0.5, 0.6) is 0 Å². The number of ether oxygens (including phenoxy) is 2. The van der Waals surface area contributed by atoms with Crippen molar-refractivity contribution in [1.82, 2.24) is 0 Å². The van der Waals surface area contributed by atoms with Crippen molar-refractivity contribution >= 4 is 19.8 Å². The molecular weight excluding hydrogens is 713 g/mol. The van der Waals surface area contributed by atoms with Crippen molar-refractivity contribution in [2.24, 2.45) is 0 Å². The molecule has 9 nitrogen and oxygen atoms in total. The van der Waals surface area contributed by atoms with Crippen LogP contribution >= 0.6 is 7.82 Å². The van der Waals surface area contributed by atoms with Crippen molar-refractivity contribution in [2.45, 2.75) is 180 Å². The predicted molar refractivity (Wildman–Crippen MR) is 229 cm³/mol. The van der Waals surface area contributed by atoms with Gasteiger partial charge in [0.25, 0.3) is 0 Å². The zero-order valence-corrected chi connectivity index (χ0v) is 36.8. The van der Waals surface area contributed by atoms with Gasteiger partial charge in [0.1, 0.15) is 19.8 Å². The summed E-state index contributed by atoms with van der Waals surface area (Å²) in [5.41, 5.74) is 0. The molecule has 0 aromatic heterocycles. The Morgan fingerprint density at radius 2 is 1.04 bits per heavy atom. The lowest BCUT2D eigenvalue weighted by Gasteiger charge is -2.24. The van der Waals surface area contributed by atoms with E-state index in [-0.39, 0.29) is 32.0 Å². The van der Waals surface area contributed by atoms with Crippen molar-refractivity contribution in [3.8, 4) is 0 Å². The van der Waals surface area contributed by atoms with Gasteiger partial charge in [-0.3, -0.25) is 18.6 Å². The summed E-state index contributed by atoms with van der Waals surface area (Å²) in [7, 11) is 1.43. The van der Waals surface area contributed by atoms with Crippen LogP contribution in [0, 0.1) is 0 Å². The minimum absolute atomic E-state index is 0.0188. The average Bonchev–Trinajstić information content (AvgIpc) is 3.13. The second-order valence-corrected chi connectivity index (χ2v) is 17.2. The van der Waals surface area contributed by atoms with Crippen LogP contribution in [-0.4, -0.2) is 74.9 Å². The molecule has 0 heterocycles.